The summed E-state index contributed by atoms with van der Waals surface area (Å²) in [6.07, 6.45) is 0.322. The minimum absolute atomic E-state index is 0.158. The van der Waals surface area contributed by atoms with Crippen molar-refractivity contribution in [3.05, 3.63) is 0 Å². The third-order valence-corrected chi connectivity index (χ3v) is 2.22. The van der Waals surface area contributed by atoms with E-state index in [-0.39, 0.29) is 12.3 Å². The van der Waals surface area contributed by atoms with E-state index in [0.29, 0.717) is 0 Å². The first kappa shape index (κ1) is 14.2. The van der Waals surface area contributed by atoms with Crippen molar-refractivity contribution in [2.24, 2.45) is 0 Å². The maximum absolute atomic E-state index is 11.4. The highest BCUT2D eigenvalue weighted by molar-refractivity contribution is 6.18. The molecule has 1 amide bonds. The fraction of sp³-hybridized carbons (Fsp3) is 0.800. The number of hydrogen-bond acceptors (Lipinski definition) is 3. The number of carbonyl (C=O) groups is 2. The summed E-state index contributed by atoms with van der Waals surface area (Å²) in [5.41, 5.74) is -1.30. The predicted molar refractivity (Wildman–Crippen MR) is 59.2 cm³/mol. The lowest BCUT2D eigenvalue weighted by molar-refractivity contribution is -0.108. The van der Waals surface area contributed by atoms with Crippen LogP contribution in [0.15, 0.2) is 0 Å². The van der Waals surface area contributed by atoms with E-state index in [1.807, 2.05) is 0 Å². The number of amides is 1. The standard InChI is InChI=1S/C10H18ClNO3/c1-9(2,3)15-8(14)12-10(4,7-11)5-6-13/h6H,5,7H2,1-4H3,(H,12,14). The molecule has 5 heteroatoms. The average Bonchev–Trinajstić information content (AvgIpc) is 2.00. The van der Waals surface area contributed by atoms with Crippen LogP contribution in [-0.2, 0) is 9.53 Å². The van der Waals surface area contributed by atoms with E-state index in [0.717, 1.165) is 6.29 Å². The van der Waals surface area contributed by atoms with Crippen molar-refractivity contribution in [3.63, 3.8) is 0 Å². The summed E-state index contributed by atoms with van der Waals surface area (Å²) >= 11 is 5.67. The fourth-order valence-electron chi connectivity index (χ4n) is 0.873. The maximum atomic E-state index is 11.4. The maximum Gasteiger partial charge on any atom is 0.408 e. The third-order valence-electron chi connectivity index (χ3n) is 1.63. The van der Waals surface area contributed by atoms with Gasteiger partial charge in [-0.15, -0.1) is 11.6 Å². The highest BCUT2D eigenvalue weighted by Crippen LogP contribution is 2.13. The Bertz CT molecular complexity index is 237. The van der Waals surface area contributed by atoms with Gasteiger partial charge in [0.1, 0.15) is 11.9 Å². The van der Waals surface area contributed by atoms with E-state index in [4.69, 9.17) is 16.3 Å². The molecule has 0 saturated carbocycles. The van der Waals surface area contributed by atoms with Crippen molar-refractivity contribution in [2.45, 2.75) is 45.3 Å². The number of alkyl carbamates (subject to hydrolysis) is 1. The molecule has 1 atom stereocenters. The van der Waals surface area contributed by atoms with Crippen molar-refractivity contribution >= 4 is 24.0 Å². The zero-order valence-electron chi connectivity index (χ0n) is 9.59. The first-order chi connectivity index (χ1) is 6.72. The first-order valence-corrected chi connectivity index (χ1v) is 5.27. The van der Waals surface area contributed by atoms with Crippen LogP contribution in [0.1, 0.15) is 34.1 Å². The molecule has 15 heavy (non-hydrogen) atoms. The second kappa shape index (κ2) is 5.35. The molecule has 4 nitrogen and oxygen atoms in total. The van der Waals surface area contributed by atoms with Crippen LogP contribution < -0.4 is 5.32 Å². The molecule has 0 rings (SSSR count). The molecule has 88 valence electrons. The monoisotopic (exact) mass is 235 g/mol. The second-order valence-corrected chi connectivity index (χ2v) is 4.96. The van der Waals surface area contributed by atoms with Gasteiger partial charge in [0.2, 0.25) is 0 Å². The molecule has 0 fully saturated rings. The van der Waals surface area contributed by atoms with Gasteiger partial charge in [0.25, 0.3) is 0 Å². The minimum Gasteiger partial charge on any atom is -0.444 e. The Labute approximate surface area is 95.3 Å². The van der Waals surface area contributed by atoms with Crippen molar-refractivity contribution in [3.8, 4) is 0 Å². The Morgan fingerprint density at radius 1 is 1.40 bits per heavy atom. The van der Waals surface area contributed by atoms with Gasteiger partial charge in [-0.1, -0.05) is 0 Å². The van der Waals surface area contributed by atoms with Gasteiger partial charge < -0.3 is 14.8 Å². The zero-order chi connectivity index (χ0) is 12.1. The van der Waals surface area contributed by atoms with Crippen molar-refractivity contribution in [1.82, 2.24) is 5.32 Å². The van der Waals surface area contributed by atoms with Crippen LogP contribution in [0.3, 0.4) is 0 Å². The predicted octanol–water partition coefficient (Wildman–Crippen LogP) is 2.10. The molecule has 0 aromatic heterocycles. The Hall–Kier alpha value is -0.770. The lowest BCUT2D eigenvalue weighted by Crippen LogP contribution is -2.49. The Morgan fingerprint density at radius 2 is 1.93 bits per heavy atom. The van der Waals surface area contributed by atoms with Crippen LogP contribution in [0, 0.1) is 0 Å². The van der Waals surface area contributed by atoms with Gasteiger partial charge in [-0.2, -0.15) is 0 Å². The lowest BCUT2D eigenvalue weighted by atomic mass is 10.0. The molecule has 0 bridgehead atoms. The van der Waals surface area contributed by atoms with E-state index in [1.165, 1.54) is 0 Å². The second-order valence-electron chi connectivity index (χ2n) is 4.69. The van der Waals surface area contributed by atoms with E-state index in [9.17, 15) is 9.59 Å². The summed E-state index contributed by atoms with van der Waals surface area (Å²) in [5, 5.41) is 2.58. The summed E-state index contributed by atoms with van der Waals surface area (Å²) in [7, 11) is 0. The number of aldehydes is 1. The molecule has 0 aromatic rings. The Kier molecular flexibility index (Phi) is 5.08. The molecule has 0 aliphatic rings. The lowest BCUT2D eigenvalue weighted by Gasteiger charge is -2.28. The molecule has 1 unspecified atom stereocenters. The summed E-state index contributed by atoms with van der Waals surface area (Å²) < 4.78 is 5.06. The summed E-state index contributed by atoms with van der Waals surface area (Å²) in [4.78, 5) is 21.8. The number of rotatable bonds is 4. The van der Waals surface area contributed by atoms with Crippen LogP contribution in [0.4, 0.5) is 4.79 Å². The summed E-state index contributed by atoms with van der Waals surface area (Å²) in [5.74, 6) is 0.158. The SMILES string of the molecule is CC(CCl)(CC=O)NC(=O)OC(C)(C)C. The quantitative estimate of drug-likeness (QED) is 0.600. The van der Waals surface area contributed by atoms with Crippen LogP contribution in [0.5, 0.6) is 0 Å². The largest absolute Gasteiger partial charge is 0.444 e. The van der Waals surface area contributed by atoms with Gasteiger partial charge in [-0.3, -0.25) is 0 Å². The van der Waals surface area contributed by atoms with Crippen molar-refractivity contribution in [2.75, 3.05) is 5.88 Å². The van der Waals surface area contributed by atoms with Crippen molar-refractivity contribution in [1.29, 1.82) is 0 Å². The average molecular weight is 236 g/mol. The normalized spacial score (nSPS) is 15.3. The van der Waals surface area contributed by atoms with E-state index >= 15 is 0 Å². The van der Waals surface area contributed by atoms with Crippen LogP contribution in [-0.4, -0.2) is 29.4 Å². The van der Waals surface area contributed by atoms with E-state index < -0.39 is 17.2 Å². The molecular formula is C10H18ClNO3. The molecular weight excluding hydrogens is 218 g/mol. The number of hydrogen-bond donors (Lipinski definition) is 1. The molecule has 1 N–H and O–H groups in total. The van der Waals surface area contributed by atoms with Gasteiger partial charge in [-0.25, -0.2) is 4.79 Å². The third kappa shape index (κ3) is 6.33. The number of halogens is 1. The van der Waals surface area contributed by atoms with Gasteiger partial charge in [0, 0.05) is 12.3 Å². The summed E-state index contributed by atoms with van der Waals surface area (Å²) in [6, 6.07) is 0. The molecule has 0 aromatic carbocycles. The molecule has 0 saturated heterocycles. The number of ether oxygens (including phenoxy) is 1. The molecule has 0 aliphatic heterocycles. The van der Waals surface area contributed by atoms with Crippen LogP contribution in [0.25, 0.3) is 0 Å². The topological polar surface area (TPSA) is 55.4 Å². The Balaban J connectivity index is 4.30. The van der Waals surface area contributed by atoms with Gasteiger partial charge in [0.15, 0.2) is 0 Å². The van der Waals surface area contributed by atoms with Gasteiger partial charge >= 0.3 is 6.09 Å². The molecule has 0 heterocycles. The Morgan fingerprint density at radius 3 is 2.27 bits per heavy atom. The molecule has 0 spiro atoms. The van der Waals surface area contributed by atoms with Gasteiger partial charge in [0.05, 0.1) is 5.54 Å². The number of alkyl halides is 1. The number of nitrogens with one attached hydrogen (secondary N) is 1. The summed E-state index contributed by atoms with van der Waals surface area (Å²) in [6.45, 7) is 7.00. The molecule has 0 radical (unpaired) electrons. The minimum atomic E-state index is -0.744. The fourth-order valence-corrected chi connectivity index (χ4v) is 1.05. The van der Waals surface area contributed by atoms with Crippen LogP contribution >= 0.6 is 11.6 Å². The first-order valence-electron chi connectivity index (χ1n) is 4.73. The van der Waals surface area contributed by atoms with Crippen molar-refractivity contribution < 1.29 is 14.3 Å². The highest BCUT2D eigenvalue weighted by Gasteiger charge is 2.27. The molecule has 0 aliphatic carbocycles. The van der Waals surface area contributed by atoms with Gasteiger partial charge in [-0.05, 0) is 27.7 Å². The van der Waals surface area contributed by atoms with E-state index in [1.54, 1.807) is 27.7 Å². The smallest absolute Gasteiger partial charge is 0.408 e. The van der Waals surface area contributed by atoms with Crippen LogP contribution in [0.2, 0.25) is 0 Å². The number of carbonyl (C=O) groups excluding carboxylic acids is 2. The zero-order valence-corrected chi connectivity index (χ0v) is 10.4. The highest BCUT2D eigenvalue weighted by atomic mass is 35.5. The van der Waals surface area contributed by atoms with E-state index in [2.05, 4.69) is 5.32 Å².